The lowest BCUT2D eigenvalue weighted by atomic mass is 10.1. The van der Waals surface area contributed by atoms with Gasteiger partial charge in [-0.05, 0) is 55.3 Å². The van der Waals surface area contributed by atoms with E-state index >= 15 is 0 Å². The van der Waals surface area contributed by atoms with Crippen LogP contribution < -0.4 is 10.3 Å². The van der Waals surface area contributed by atoms with Crippen LogP contribution in [0.4, 0.5) is 18.9 Å². The maximum absolute atomic E-state index is 12.8. The van der Waals surface area contributed by atoms with Gasteiger partial charge >= 0.3 is 6.18 Å². The second-order valence-electron chi connectivity index (χ2n) is 6.60. The van der Waals surface area contributed by atoms with E-state index in [9.17, 15) is 23.2 Å². The van der Waals surface area contributed by atoms with Gasteiger partial charge in [-0.3, -0.25) is 4.79 Å². The van der Waals surface area contributed by atoms with Crippen molar-refractivity contribution < 1.29 is 22.9 Å². The maximum atomic E-state index is 12.8. The van der Waals surface area contributed by atoms with E-state index in [4.69, 9.17) is 0 Å². The van der Waals surface area contributed by atoms with E-state index in [0.29, 0.717) is 10.6 Å². The Morgan fingerprint density at radius 2 is 2.00 bits per heavy atom. The predicted octanol–water partition coefficient (Wildman–Crippen LogP) is 4.39. The molecule has 0 spiro atoms. The van der Waals surface area contributed by atoms with E-state index in [1.54, 1.807) is 0 Å². The highest BCUT2D eigenvalue weighted by atomic mass is 32.2. The van der Waals surface area contributed by atoms with Crippen molar-refractivity contribution >= 4 is 23.4 Å². The molecule has 1 heterocycles. The Hall–Kier alpha value is -2.53. The van der Waals surface area contributed by atoms with Gasteiger partial charge in [0.25, 0.3) is 5.03 Å². The van der Waals surface area contributed by atoms with Crippen molar-refractivity contribution in [2.24, 2.45) is 0 Å². The number of hydrogen-bond donors (Lipinski definition) is 1. The number of thioether (sulfide) groups is 1. The molecule has 1 aromatic heterocycles. The van der Waals surface area contributed by atoms with E-state index < -0.39 is 17.6 Å². The quantitative estimate of drug-likeness (QED) is 0.605. The van der Waals surface area contributed by atoms with Crippen LogP contribution >= 0.6 is 11.8 Å². The van der Waals surface area contributed by atoms with Gasteiger partial charge in [-0.25, -0.2) is 4.98 Å². The number of aromatic nitrogens is 1. The lowest BCUT2D eigenvalue weighted by molar-refractivity contribution is -0.438. The van der Waals surface area contributed by atoms with Crippen molar-refractivity contribution in [3.63, 3.8) is 0 Å². The fraction of sp³-hybridized carbons (Fsp3) is 0.350. The van der Waals surface area contributed by atoms with Crippen LogP contribution in [-0.4, -0.2) is 11.7 Å². The summed E-state index contributed by atoms with van der Waals surface area (Å²) in [4.78, 5) is 15.5. The molecule has 8 heteroatoms. The van der Waals surface area contributed by atoms with Crippen molar-refractivity contribution in [1.29, 1.82) is 5.26 Å². The molecule has 1 aliphatic rings. The molecule has 146 valence electrons. The number of fused-ring (bicyclic) bond motifs is 1. The van der Waals surface area contributed by atoms with Crippen molar-refractivity contribution in [3.05, 3.63) is 52.7 Å². The Kier molecular flexibility index (Phi) is 6.25. The second-order valence-corrected chi connectivity index (χ2v) is 7.59. The largest absolute Gasteiger partial charge is 0.416 e. The summed E-state index contributed by atoms with van der Waals surface area (Å²) in [6, 6.07) is 8.55. The number of nitriles is 1. The van der Waals surface area contributed by atoms with Crippen LogP contribution in [0.5, 0.6) is 0 Å². The first-order chi connectivity index (χ1) is 13.4. The Morgan fingerprint density at radius 1 is 1.21 bits per heavy atom. The maximum Gasteiger partial charge on any atom is 0.416 e. The van der Waals surface area contributed by atoms with E-state index in [2.05, 4.69) is 16.4 Å². The van der Waals surface area contributed by atoms with Crippen LogP contribution in [0.3, 0.4) is 0 Å². The molecule has 1 aliphatic carbocycles. The fourth-order valence-electron chi connectivity index (χ4n) is 3.16. The Labute approximate surface area is 165 Å². The van der Waals surface area contributed by atoms with E-state index in [1.807, 2.05) is 6.07 Å². The van der Waals surface area contributed by atoms with Gasteiger partial charge in [-0.1, -0.05) is 12.5 Å². The Bertz CT molecular complexity index is 922. The van der Waals surface area contributed by atoms with Crippen LogP contribution in [0.1, 0.15) is 41.6 Å². The molecule has 0 unspecified atom stereocenters. The number of carbonyl (C=O) groups is 1. The van der Waals surface area contributed by atoms with Crippen molar-refractivity contribution in [2.45, 2.75) is 43.3 Å². The number of aryl methyl sites for hydroxylation is 2. The zero-order valence-electron chi connectivity index (χ0n) is 15.0. The van der Waals surface area contributed by atoms with Gasteiger partial charge in [0.1, 0.15) is 11.6 Å². The van der Waals surface area contributed by atoms with Gasteiger partial charge in [-0.15, -0.1) is 0 Å². The minimum atomic E-state index is -4.46. The number of amides is 1. The zero-order valence-corrected chi connectivity index (χ0v) is 15.8. The molecule has 0 saturated carbocycles. The number of aromatic amines is 1. The Balaban J connectivity index is 1.68. The lowest BCUT2D eigenvalue weighted by Gasteiger charge is -2.09. The first-order valence-electron chi connectivity index (χ1n) is 8.95. The van der Waals surface area contributed by atoms with Gasteiger partial charge in [0, 0.05) is 17.7 Å². The minimum Gasteiger partial charge on any atom is -0.325 e. The standard InChI is InChI=1S/C20H18F3N3OS/c21-20(22,23)15-6-4-7-16(10-15)25-18(27)12-28-19-14(11-24)9-13-5-2-1-3-8-17(13)26-19/h4,6-7,9-10H,1-3,5,8,12H2,(H,25,27)/p+1. The van der Waals surface area contributed by atoms with Gasteiger partial charge in [0.2, 0.25) is 5.91 Å². The molecule has 1 amide bonds. The number of pyridine rings is 1. The molecule has 0 bridgehead atoms. The molecular weight excluding hydrogens is 387 g/mol. The van der Waals surface area contributed by atoms with Gasteiger partial charge in [0.05, 0.1) is 11.3 Å². The van der Waals surface area contributed by atoms with Crippen LogP contribution in [0, 0.1) is 11.3 Å². The summed E-state index contributed by atoms with van der Waals surface area (Å²) < 4.78 is 38.3. The number of halogens is 3. The van der Waals surface area contributed by atoms with Crippen LogP contribution in [0.15, 0.2) is 35.4 Å². The minimum absolute atomic E-state index is 0.0137. The highest BCUT2D eigenvalue weighted by Gasteiger charge is 2.30. The van der Waals surface area contributed by atoms with Crippen LogP contribution in [0.25, 0.3) is 0 Å². The molecule has 0 radical (unpaired) electrons. The van der Waals surface area contributed by atoms with Crippen LogP contribution in [-0.2, 0) is 23.8 Å². The average Bonchev–Trinajstić information content (AvgIpc) is 2.89. The molecule has 0 fully saturated rings. The summed E-state index contributed by atoms with van der Waals surface area (Å²) in [5.74, 6) is -0.447. The molecular formula is C20H19F3N3OS+. The number of hydrogen-bond acceptors (Lipinski definition) is 3. The van der Waals surface area contributed by atoms with E-state index in [0.717, 1.165) is 55.5 Å². The molecule has 28 heavy (non-hydrogen) atoms. The monoisotopic (exact) mass is 406 g/mol. The number of benzene rings is 1. The SMILES string of the molecule is N#Cc1cc2c([nH+]c1SCC(=O)Nc1cccc(C(F)(F)F)c1)CCCCC2. The molecule has 0 atom stereocenters. The van der Waals surface area contributed by atoms with Gasteiger partial charge < -0.3 is 5.32 Å². The third kappa shape index (κ3) is 5.04. The average molecular weight is 406 g/mol. The van der Waals surface area contributed by atoms with Crippen LogP contribution in [0.2, 0.25) is 0 Å². The molecule has 4 nitrogen and oxygen atoms in total. The van der Waals surface area contributed by atoms with Crippen molar-refractivity contribution in [2.75, 3.05) is 11.1 Å². The fourth-order valence-corrected chi connectivity index (χ4v) is 3.96. The van der Waals surface area contributed by atoms with Gasteiger partial charge in [0.15, 0.2) is 5.69 Å². The molecule has 0 saturated heterocycles. The summed E-state index contributed by atoms with van der Waals surface area (Å²) >= 11 is 1.18. The Morgan fingerprint density at radius 3 is 2.75 bits per heavy atom. The first kappa shape index (κ1) is 20.2. The van der Waals surface area contributed by atoms with Gasteiger partial charge in [-0.2, -0.15) is 18.4 Å². The highest BCUT2D eigenvalue weighted by molar-refractivity contribution is 7.99. The molecule has 0 aliphatic heterocycles. The van der Waals surface area contributed by atoms with Crippen molar-refractivity contribution in [3.8, 4) is 6.07 Å². The number of carbonyl (C=O) groups excluding carboxylic acids is 1. The third-order valence-corrected chi connectivity index (χ3v) is 5.55. The smallest absolute Gasteiger partial charge is 0.325 e. The molecule has 1 aromatic carbocycles. The molecule has 2 aromatic rings. The summed E-state index contributed by atoms with van der Waals surface area (Å²) in [5.41, 5.74) is 2.00. The van der Waals surface area contributed by atoms with Crippen molar-refractivity contribution in [1.82, 2.24) is 0 Å². The van der Waals surface area contributed by atoms with E-state index in [-0.39, 0.29) is 11.4 Å². The summed E-state index contributed by atoms with van der Waals surface area (Å²) in [6.07, 6.45) is 0.694. The number of H-pyrrole nitrogens is 1. The first-order valence-corrected chi connectivity index (χ1v) is 9.93. The number of rotatable bonds is 4. The predicted molar refractivity (Wildman–Crippen MR) is 99.8 cm³/mol. The van der Waals surface area contributed by atoms with E-state index in [1.165, 1.54) is 23.9 Å². The summed E-state index contributed by atoms with van der Waals surface area (Å²) in [5, 5.41) is 12.5. The summed E-state index contributed by atoms with van der Waals surface area (Å²) in [7, 11) is 0. The molecule has 2 N–H and O–H groups in total. The molecule has 3 rings (SSSR count). The summed E-state index contributed by atoms with van der Waals surface area (Å²) in [6.45, 7) is 0. The third-order valence-electron chi connectivity index (χ3n) is 4.53. The lowest BCUT2D eigenvalue weighted by Crippen LogP contribution is -2.20. The normalized spacial score (nSPS) is 13.9. The highest BCUT2D eigenvalue weighted by Crippen LogP contribution is 2.31. The topological polar surface area (TPSA) is 67.0 Å². The number of nitrogens with one attached hydrogen (secondary N) is 2. The number of nitrogens with zero attached hydrogens (tertiary/aromatic N) is 1. The number of anilines is 1. The second kappa shape index (κ2) is 8.65. The zero-order chi connectivity index (χ0) is 20.1. The number of alkyl halides is 3.